The van der Waals surface area contributed by atoms with E-state index < -0.39 is 0 Å². The SMILES string of the molecule is CCC1CNCCN1Cc1cccc(Cl)c1F. The monoisotopic (exact) mass is 256 g/mol. The average Bonchev–Trinajstić information content (AvgIpc) is 2.35. The minimum atomic E-state index is -0.275. The van der Waals surface area contributed by atoms with Gasteiger partial charge in [0.25, 0.3) is 0 Å². The van der Waals surface area contributed by atoms with E-state index in [0.717, 1.165) is 26.1 Å². The number of rotatable bonds is 3. The van der Waals surface area contributed by atoms with Crippen LogP contribution in [-0.4, -0.2) is 30.6 Å². The highest BCUT2D eigenvalue weighted by Crippen LogP contribution is 2.20. The number of piperazine rings is 1. The summed E-state index contributed by atoms with van der Waals surface area (Å²) >= 11 is 5.80. The molecule has 0 bridgehead atoms. The lowest BCUT2D eigenvalue weighted by atomic mass is 10.1. The van der Waals surface area contributed by atoms with E-state index in [1.165, 1.54) is 0 Å². The van der Waals surface area contributed by atoms with Crippen molar-refractivity contribution < 1.29 is 4.39 Å². The Morgan fingerprint density at radius 3 is 3.12 bits per heavy atom. The van der Waals surface area contributed by atoms with Crippen LogP contribution in [0.4, 0.5) is 4.39 Å². The van der Waals surface area contributed by atoms with Gasteiger partial charge in [-0.1, -0.05) is 30.7 Å². The van der Waals surface area contributed by atoms with Gasteiger partial charge in [-0.2, -0.15) is 0 Å². The van der Waals surface area contributed by atoms with Crippen LogP contribution in [0.3, 0.4) is 0 Å². The minimum Gasteiger partial charge on any atom is -0.314 e. The molecule has 1 fully saturated rings. The van der Waals surface area contributed by atoms with E-state index in [-0.39, 0.29) is 10.8 Å². The maximum atomic E-state index is 13.8. The lowest BCUT2D eigenvalue weighted by Crippen LogP contribution is -2.50. The van der Waals surface area contributed by atoms with Crippen LogP contribution in [0.25, 0.3) is 0 Å². The summed E-state index contributed by atoms with van der Waals surface area (Å²) in [5, 5.41) is 3.58. The molecular weight excluding hydrogens is 239 g/mol. The van der Waals surface area contributed by atoms with E-state index in [1.54, 1.807) is 6.07 Å². The van der Waals surface area contributed by atoms with Gasteiger partial charge in [0, 0.05) is 37.8 Å². The van der Waals surface area contributed by atoms with Gasteiger partial charge in [-0.25, -0.2) is 4.39 Å². The van der Waals surface area contributed by atoms with Crippen molar-refractivity contribution in [3.63, 3.8) is 0 Å². The van der Waals surface area contributed by atoms with Crippen LogP contribution >= 0.6 is 11.6 Å². The summed E-state index contributed by atoms with van der Waals surface area (Å²) in [5.41, 5.74) is 0.692. The maximum Gasteiger partial charge on any atom is 0.146 e. The Hall–Kier alpha value is -0.640. The second-order valence-corrected chi connectivity index (χ2v) is 4.86. The van der Waals surface area contributed by atoms with E-state index in [9.17, 15) is 4.39 Å². The maximum absolute atomic E-state index is 13.8. The Morgan fingerprint density at radius 1 is 1.53 bits per heavy atom. The Kier molecular flexibility index (Phi) is 4.37. The first-order valence-corrected chi connectivity index (χ1v) is 6.47. The van der Waals surface area contributed by atoms with Crippen molar-refractivity contribution in [3.8, 4) is 0 Å². The molecule has 0 amide bonds. The van der Waals surface area contributed by atoms with Crippen molar-refractivity contribution in [2.45, 2.75) is 25.9 Å². The lowest BCUT2D eigenvalue weighted by molar-refractivity contribution is 0.147. The van der Waals surface area contributed by atoms with E-state index in [2.05, 4.69) is 17.1 Å². The van der Waals surface area contributed by atoms with Crippen molar-refractivity contribution in [1.29, 1.82) is 0 Å². The average molecular weight is 257 g/mol. The molecule has 0 aliphatic carbocycles. The molecule has 4 heteroatoms. The summed E-state index contributed by atoms with van der Waals surface area (Å²) in [7, 11) is 0. The number of nitrogens with zero attached hydrogens (tertiary/aromatic N) is 1. The smallest absolute Gasteiger partial charge is 0.146 e. The van der Waals surface area contributed by atoms with Crippen molar-refractivity contribution >= 4 is 11.6 Å². The third kappa shape index (κ3) is 2.97. The van der Waals surface area contributed by atoms with E-state index >= 15 is 0 Å². The predicted octanol–water partition coefficient (Wildman–Crippen LogP) is 2.66. The normalized spacial score (nSPS) is 21.7. The molecule has 0 aromatic heterocycles. The molecule has 1 aromatic rings. The predicted molar refractivity (Wildman–Crippen MR) is 68.8 cm³/mol. The van der Waals surface area contributed by atoms with Gasteiger partial charge in [-0.15, -0.1) is 0 Å². The third-order valence-corrected chi connectivity index (χ3v) is 3.64. The Bertz CT molecular complexity index is 384. The number of halogens is 2. The molecule has 1 N–H and O–H groups in total. The van der Waals surface area contributed by atoms with Crippen LogP contribution in [0.15, 0.2) is 18.2 Å². The molecule has 0 radical (unpaired) electrons. The lowest BCUT2D eigenvalue weighted by Gasteiger charge is -2.35. The standard InChI is InChI=1S/C13H18ClFN2/c1-2-11-8-16-6-7-17(11)9-10-4-3-5-12(14)13(10)15/h3-5,11,16H,2,6-9H2,1H3. The molecule has 1 aliphatic rings. The van der Waals surface area contributed by atoms with Crippen LogP contribution in [0.1, 0.15) is 18.9 Å². The molecule has 0 spiro atoms. The minimum absolute atomic E-state index is 0.214. The topological polar surface area (TPSA) is 15.3 Å². The summed E-state index contributed by atoms with van der Waals surface area (Å²) in [6, 6.07) is 5.71. The van der Waals surface area contributed by atoms with Crippen molar-refractivity contribution in [2.75, 3.05) is 19.6 Å². The number of nitrogens with one attached hydrogen (secondary N) is 1. The summed E-state index contributed by atoms with van der Waals surface area (Å²) in [5.74, 6) is -0.275. The van der Waals surface area contributed by atoms with Crippen molar-refractivity contribution in [1.82, 2.24) is 10.2 Å². The fraction of sp³-hybridized carbons (Fsp3) is 0.538. The number of benzene rings is 1. The molecular formula is C13H18ClFN2. The van der Waals surface area contributed by atoms with Crippen LogP contribution in [-0.2, 0) is 6.54 Å². The molecule has 1 unspecified atom stereocenters. The van der Waals surface area contributed by atoms with Crippen molar-refractivity contribution in [3.05, 3.63) is 34.6 Å². The summed E-state index contributed by atoms with van der Waals surface area (Å²) in [6.45, 7) is 5.73. The van der Waals surface area contributed by atoms with Gasteiger partial charge >= 0.3 is 0 Å². The second kappa shape index (κ2) is 5.80. The van der Waals surface area contributed by atoms with Crippen LogP contribution < -0.4 is 5.32 Å². The van der Waals surface area contributed by atoms with Gasteiger partial charge in [0.1, 0.15) is 5.82 Å². The molecule has 1 atom stereocenters. The highest BCUT2D eigenvalue weighted by atomic mass is 35.5. The molecule has 1 saturated heterocycles. The Labute approximate surface area is 107 Å². The summed E-state index contributed by atoms with van der Waals surface area (Å²) in [4.78, 5) is 2.32. The Balaban J connectivity index is 2.11. The molecule has 1 aliphatic heterocycles. The van der Waals surface area contributed by atoms with E-state index in [0.29, 0.717) is 18.2 Å². The van der Waals surface area contributed by atoms with E-state index in [4.69, 9.17) is 11.6 Å². The Morgan fingerprint density at radius 2 is 2.35 bits per heavy atom. The zero-order valence-corrected chi connectivity index (χ0v) is 10.8. The molecule has 1 aromatic carbocycles. The fourth-order valence-corrected chi connectivity index (χ4v) is 2.50. The zero-order valence-electron chi connectivity index (χ0n) is 10.0. The van der Waals surface area contributed by atoms with Crippen LogP contribution in [0.2, 0.25) is 5.02 Å². The van der Waals surface area contributed by atoms with Crippen LogP contribution in [0.5, 0.6) is 0 Å². The van der Waals surface area contributed by atoms with Gasteiger partial charge in [-0.05, 0) is 12.5 Å². The first-order chi connectivity index (χ1) is 8.22. The molecule has 94 valence electrons. The van der Waals surface area contributed by atoms with Gasteiger partial charge < -0.3 is 5.32 Å². The third-order valence-electron chi connectivity index (χ3n) is 3.35. The second-order valence-electron chi connectivity index (χ2n) is 4.45. The molecule has 2 rings (SSSR count). The van der Waals surface area contributed by atoms with E-state index in [1.807, 2.05) is 12.1 Å². The largest absolute Gasteiger partial charge is 0.314 e. The molecule has 1 heterocycles. The molecule has 0 saturated carbocycles. The fourth-order valence-electron chi connectivity index (χ4n) is 2.30. The summed E-state index contributed by atoms with van der Waals surface area (Å²) < 4.78 is 13.8. The van der Waals surface area contributed by atoms with Gasteiger partial charge in [-0.3, -0.25) is 4.90 Å². The highest BCUT2D eigenvalue weighted by molar-refractivity contribution is 6.30. The van der Waals surface area contributed by atoms with Crippen molar-refractivity contribution in [2.24, 2.45) is 0 Å². The highest BCUT2D eigenvalue weighted by Gasteiger charge is 2.21. The zero-order chi connectivity index (χ0) is 12.3. The first-order valence-electron chi connectivity index (χ1n) is 6.10. The van der Waals surface area contributed by atoms with Gasteiger partial charge in [0.15, 0.2) is 0 Å². The number of hydrogen-bond acceptors (Lipinski definition) is 2. The van der Waals surface area contributed by atoms with Gasteiger partial charge in [0.2, 0.25) is 0 Å². The van der Waals surface area contributed by atoms with Gasteiger partial charge in [0.05, 0.1) is 5.02 Å². The first kappa shape index (κ1) is 12.8. The quantitative estimate of drug-likeness (QED) is 0.895. The summed E-state index contributed by atoms with van der Waals surface area (Å²) in [6.07, 6.45) is 1.08. The van der Waals surface area contributed by atoms with Crippen LogP contribution in [0, 0.1) is 5.82 Å². The number of hydrogen-bond donors (Lipinski definition) is 1. The molecule has 17 heavy (non-hydrogen) atoms. The molecule has 2 nitrogen and oxygen atoms in total.